The number of aromatic nitrogens is 4. The third kappa shape index (κ3) is 2.22. The van der Waals surface area contributed by atoms with Gasteiger partial charge in [0.25, 0.3) is 5.56 Å². The van der Waals surface area contributed by atoms with Crippen LogP contribution in [0.2, 0.25) is 0 Å². The molecule has 0 unspecified atom stereocenters. The molecule has 0 radical (unpaired) electrons. The van der Waals surface area contributed by atoms with Crippen LogP contribution in [0, 0.1) is 0 Å². The topological polar surface area (TPSA) is 81.9 Å². The Kier molecular flexibility index (Phi) is 3.09. The van der Waals surface area contributed by atoms with Crippen LogP contribution >= 0.6 is 0 Å². The van der Waals surface area contributed by atoms with Crippen LogP contribution < -0.4 is 16.0 Å². The second kappa shape index (κ2) is 4.93. The first-order valence-electron chi connectivity index (χ1n) is 6.37. The van der Waals surface area contributed by atoms with Crippen LogP contribution in [0.5, 0.6) is 5.75 Å². The summed E-state index contributed by atoms with van der Waals surface area (Å²) in [6.45, 7) is 0.488. The monoisotopic (exact) mass is 286 g/mol. The molecular weight excluding hydrogens is 272 g/mol. The zero-order valence-electron chi connectivity index (χ0n) is 11.7. The molecule has 0 aliphatic heterocycles. The van der Waals surface area contributed by atoms with E-state index in [2.05, 4.69) is 9.97 Å². The Hall–Kier alpha value is -2.83. The van der Waals surface area contributed by atoms with Crippen LogP contribution in [0.4, 0.5) is 0 Å². The fourth-order valence-electron chi connectivity index (χ4n) is 2.23. The summed E-state index contributed by atoms with van der Waals surface area (Å²) in [5.74, 6) is 0.773. The van der Waals surface area contributed by atoms with E-state index in [0.717, 1.165) is 11.3 Å². The van der Waals surface area contributed by atoms with Crippen molar-refractivity contribution in [2.75, 3.05) is 7.11 Å². The molecule has 0 saturated heterocycles. The smallest absolute Gasteiger partial charge is 0.329 e. The third-order valence-corrected chi connectivity index (χ3v) is 3.39. The molecule has 0 atom stereocenters. The average molecular weight is 286 g/mol. The molecule has 0 fully saturated rings. The van der Waals surface area contributed by atoms with Crippen molar-refractivity contribution in [1.29, 1.82) is 0 Å². The van der Waals surface area contributed by atoms with E-state index in [0.29, 0.717) is 17.7 Å². The van der Waals surface area contributed by atoms with Crippen LogP contribution in [0.3, 0.4) is 0 Å². The van der Waals surface area contributed by atoms with Crippen LogP contribution in [0.15, 0.2) is 40.2 Å². The van der Waals surface area contributed by atoms with E-state index in [1.807, 2.05) is 24.3 Å². The number of hydrogen-bond donors (Lipinski definition) is 1. The van der Waals surface area contributed by atoms with Gasteiger partial charge in [-0.15, -0.1) is 0 Å². The van der Waals surface area contributed by atoms with Gasteiger partial charge in [-0.3, -0.25) is 14.3 Å². The van der Waals surface area contributed by atoms with Gasteiger partial charge in [0, 0.05) is 13.6 Å². The van der Waals surface area contributed by atoms with E-state index in [1.54, 1.807) is 25.1 Å². The van der Waals surface area contributed by atoms with Gasteiger partial charge in [-0.2, -0.15) is 0 Å². The molecule has 2 aromatic heterocycles. The standard InChI is InChI=1S/C14H14N4O3/c1-17-12-11(13(19)16-14(17)20)18(8-15-12)7-9-3-5-10(21-2)6-4-9/h3-6,8H,7H2,1-2H3,(H,16,19,20). The van der Waals surface area contributed by atoms with Crippen LogP contribution in [0.1, 0.15) is 5.56 Å². The van der Waals surface area contributed by atoms with Gasteiger partial charge < -0.3 is 9.30 Å². The molecule has 0 bridgehead atoms. The van der Waals surface area contributed by atoms with Gasteiger partial charge in [0.1, 0.15) is 5.75 Å². The van der Waals surface area contributed by atoms with E-state index >= 15 is 0 Å². The van der Waals surface area contributed by atoms with Gasteiger partial charge in [0.15, 0.2) is 11.2 Å². The lowest BCUT2D eigenvalue weighted by molar-refractivity contribution is 0.414. The van der Waals surface area contributed by atoms with Gasteiger partial charge in [-0.05, 0) is 17.7 Å². The zero-order chi connectivity index (χ0) is 15.0. The summed E-state index contributed by atoms with van der Waals surface area (Å²) >= 11 is 0. The van der Waals surface area contributed by atoms with Crippen LogP contribution in [-0.4, -0.2) is 26.2 Å². The number of rotatable bonds is 3. The summed E-state index contributed by atoms with van der Waals surface area (Å²) in [7, 11) is 3.18. The average Bonchev–Trinajstić information content (AvgIpc) is 2.90. The first-order valence-corrected chi connectivity index (χ1v) is 6.37. The number of nitrogens with zero attached hydrogens (tertiary/aromatic N) is 3. The second-order valence-electron chi connectivity index (χ2n) is 4.71. The summed E-state index contributed by atoms with van der Waals surface area (Å²) in [6, 6.07) is 7.55. The third-order valence-electron chi connectivity index (χ3n) is 3.39. The van der Waals surface area contributed by atoms with Gasteiger partial charge in [-0.25, -0.2) is 9.78 Å². The second-order valence-corrected chi connectivity index (χ2v) is 4.71. The van der Waals surface area contributed by atoms with E-state index in [9.17, 15) is 9.59 Å². The number of ether oxygens (including phenoxy) is 1. The van der Waals surface area contributed by atoms with Gasteiger partial charge in [0.05, 0.1) is 13.4 Å². The quantitative estimate of drug-likeness (QED) is 0.759. The first-order chi connectivity index (χ1) is 10.1. The number of methoxy groups -OCH3 is 1. The highest BCUT2D eigenvalue weighted by molar-refractivity contribution is 5.69. The maximum atomic E-state index is 12.0. The Balaban J connectivity index is 2.07. The molecule has 0 amide bonds. The molecule has 3 rings (SSSR count). The molecule has 0 saturated carbocycles. The molecule has 7 heteroatoms. The first kappa shape index (κ1) is 13.2. The van der Waals surface area contributed by atoms with Crippen molar-refractivity contribution in [3.63, 3.8) is 0 Å². The summed E-state index contributed by atoms with van der Waals surface area (Å²) < 4.78 is 8.15. The highest BCUT2D eigenvalue weighted by Gasteiger charge is 2.11. The van der Waals surface area contributed by atoms with Crippen molar-refractivity contribution in [3.8, 4) is 5.75 Å². The Morgan fingerprint density at radius 2 is 1.95 bits per heavy atom. The minimum absolute atomic E-state index is 0.372. The largest absolute Gasteiger partial charge is 0.497 e. The summed E-state index contributed by atoms with van der Waals surface area (Å²) in [4.78, 5) is 29.9. The molecule has 3 aromatic rings. The fourth-order valence-corrected chi connectivity index (χ4v) is 2.23. The number of aromatic amines is 1. The number of benzene rings is 1. The van der Waals surface area contributed by atoms with Crippen molar-refractivity contribution in [2.24, 2.45) is 7.05 Å². The highest BCUT2D eigenvalue weighted by atomic mass is 16.5. The van der Waals surface area contributed by atoms with Crippen molar-refractivity contribution in [2.45, 2.75) is 6.54 Å². The Morgan fingerprint density at radius 1 is 1.24 bits per heavy atom. The van der Waals surface area contributed by atoms with E-state index < -0.39 is 11.2 Å². The lowest BCUT2D eigenvalue weighted by Gasteiger charge is -2.06. The van der Waals surface area contributed by atoms with E-state index in [4.69, 9.17) is 4.74 Å². The molecule has 1 N–H and O–H groups in total. The molecule has 0 aliphatic rings. The predicted molar refractivity (Wildman–Crippen MR) is 77.7 cm³/mol. The molecule has 0 aliphatic carbocycles. The normalized spacial score (nSPS) is 11.0. The number of H-pyrrole nitrogens is 1. The van der Waals surface area contributed by atoms with Crippen molar-refractivity contribution in [3.05, 3.63) is 57.0 Å². The molecule has 108 valence electrons. The van der Waals surface area contributed by atoms with Crippen molar-refractivity contribution in [1.82, 2.24) is 19.1 Å². The lowest BCUT2D eigenvalue weighted by atomic mass is 10.2. The van der Waals surface area contributed by atoms with Crippen LogP contribution in [-0.2, 0) is 13.6 Å². The van der Waals surface area contributed by atoms with Crippen LogP contribution in [0.25, 0.3) is 11.2 Å². The molecule has 2 heterocycles. The predicted octanol–water partition coefficient (Wildman–Crippen LogP) is 0.480. The number of hydrogen-bond acceptors (Lipinski definition) is 4. The van der Waals surface area contributed by atoms with Gasteiger partial charge in [-0.1, -0.05) is 12.1 Å². The maximum Gasteiger partial charge on any atom is 0.329 e. The van der Waals surface area contributed by atoms with E-state index in [1.165, 1.54) is 4.57 Å². The lowest BCUT2D eigenvalue weighted by Crippen LogP contribution is -2.29. The van der Waals surface area contributed by atoms with Gasteiger partial charge in [0.2, 0.25) is 0 Å². The SMILES string of the molecule is COc1ccc(Cn2cnc3c2c(=O)[nH]c(=O)n3C)cc1. The van der Waals surface area contributed by atoms with Crippen molar-refractivity contribution >= 4 is 11.2 Å². The zero-order valence-corrected chi connectivity index (χ0v) is 11.7. The molecule has 21 heavy (non-hydrogen) atoms. The Morgan fingerprint density at radius 3 is 2.62 bits per heavy atom. The Bertz CT molecular complexity index is 903. The highest BCUT2D eigenvalue weighted by Crippen LogP contribution is 2.14. The minimum Gasteiger partial charge on any atom is -0.497 e. The maximum absolute atomic E-state index is 12.0. The number of nitrogens with one attached hydrogen (secondary N) is 1. The summed E-state index contributed by atoms with van der Waals surface area (Å²) in [5, 5.41) is 0. The number of imidazole rings is 1. The van der Waals surface area contributed by atoms with Gasteiger partial charge >= 0.3 is 5.69 Å². The molecule has 7 nitrogen and oxygen atoms in total. The summed E-state index contributed by atoms with van der Waals surface area (Å²) in [5.41, 5.74) is 0.856. The molecule has 0 spiro atoms. The number of fused-ring (bicyclic) bond motifs is 1. The Labute approximate surface area is 119 Å². The van der Waals surface area contributed by atoms with Crippen molar-refractivity contribution < 1.29 is 4.74 Å². The summed E-state index contributed by atoms with van der Waals surface area (Å²) in [6.07, 6.45) is 1.56. The molecule has 1 aromatic carbocycles. The minimum atomic E-state index is -0.470. The number of aryl methyl sites for hydroxylation is 1. The fraction of sp³-hybridized carbons (Fsp3) is 0.214. The molecular formula is C14H14N4O3. The van der Waals surface area contributed by atoms with E-state index in [-0.39, 0.29) is 0 Å².